The zero-order valence-electron chi connectivity index (χ0n) is 12.6. The lowest BCUT2D eigenvalue weighted by atomic mass is 10.1. The van der Waals surface area contributed by atoms with E-state index in [1.807, 2.05) is 18.6 Å². The van der Waals surface area contributed by atoms with E-state index in [0.29, 0.717) is 0 Å². The molecule has 6 heteroatoms. The Labute approximate surface area is 129 Å². The summed E-state index contributed by atoms with van der Waals surface area (Å²) in [6.45, 7) is 3.78. The highest BCUT2D eigenvalue weighted by Gasteiger charge is 2.20. The van der Waals surface area contributed by atoms with E-state index in [0.717, 1.165) is 50.6 Å². The largest absolute Gasteiger partial charge is 0.294 e. The van der Waals surface area contributed by atoms with Crippen LogP contribution in [0.5, 0.6) is 0 Å². The number of rotatable bonds is 3. The molecule has 1 N–H and O–H groups in total. The topological polar surface area (TPSA) is 70.1 Å². The lowest BCUT2D eigenvalue weighted by Crippen LogP contribution is -2.31. The minimum absolute atomic E-state index is 0.849. The van der Waals surface area contributed by atoms with Crippen molar-refractivity contribution in [2.45, 2.75) is 38.8 Å². The fraction of sp³-hybridized carbons (Fsp3) is 0.500. The third kappa shape index (κ3) is 2.78. The molecule has 0 saturated carbocycles. The Hall–Kier alpha value is -2.08. The fourth-order valence-electron chi connectivity index (χ4n) is 3.15. The van der Waals surface area contributed by atoms with Crippen molar-refractivity contribution in [3.8, 4) is 0 Å². The smallest absolute Gasteiger partial charge is 0.173 e. The van der Waals surface area contributed by atoms with Gasteiger partial charge in [-0.3, -0.25) is 15.0 Å². The first-order valence-electron chi connectivity index (χ1n) is 7.97. The van der Waals surface area contributed by atoms with E-state index in [1.165, 1.54) is 29.7 Å². The molecule has 0 fully saturated rings. The number of nitrogens with zero attached hydrogens (tertiary/aromatic N) is 5. The molecule has 2 aromatic heterocycles. The number of nitrogens with one attached hydrogen (secondary N) is 1. The van der Waals surface area contributed by atoms with Crippen LogP contribution in [0.3, 0.4) is 0 Å². The van der Waals surface area contributed by atoms with Crippen LogP contribution in [0.25, 0.3) is 0 Å². The Balaban J connectivity index is 1.50. The molecular weight excluding hydrogens is 276 g/mol. The lowest BCUT2D eigenvalue weighted by Gasteiger charge is -2.27. The average molecular weight is 296 g/mol. The van der Waals surface area contributed by atoms with Crippen LogP contribution in [0.15, 0.2) is 23.6 Å². The first-order chi connectivity index (χ1) is 10.9. The van der Waals surface area contributed by atoms with Gasteiger partial charge in [0.15, 0.2) is 5.82 Å². The van der Waals surface area contributed by atoms with Crippen LogP contribution in [0.1, 0.15) is 41.9 Å². The van der Waals surface area contributed by atoms with Crippen molar-refractivity contribution in [1.29, 1.82) is 0 Å². The van der Waals surface area contributed by atoms with Gasteiger partial charge in [-0.2, -0.15) is 5.10 Å². The number of H-pyrrole nitrogens is 1. The van der Waals surface area contributed by atoms with Crippen LogP contribution < -0.4 is 0 Å². The summed E-state index contributed by atoms with van der Waals surface area (Å²) < 4.78 is 0. The van der Waals surface area contributed by atoms with Gasteiger partial charge in [0.2, 0.25) is 0 Å². The quantitative estimate of drug-likeness (QED) is 0.936. The summed E-state index contributed by atoms with van der Waals surface area (Å²) in [5.74, 6) is 0.849. The molecule has 4 rings (SSSR count). The highest BCUT2D eigenvalue weighted by molar-refractivity contribution is 5.97. The number of aliphatic imine (C=N–C) groups is 1. The van der Waals surface area contributed by atoms with Crippen molar-refractivity contribution >= 4 is 5.71 Å². The van der Waals surface area contributed by atoms with E-state index in [9.17, 15) is 0 Å². The highest BCUT2D eigenvalue weighted by Crippen LogP contribution is 2.19. The third-order valence-corrected chi connectivity index (χ3v) is 4.36. The van der Waals surface area contributed by atoms with Gasteiger partial charge in [0.25, 0.3) is 0 Å². The van der Waals surface area contributed by atoms with Crippen molar-refractivity contribution in [3.63, 3.8) is 0 Å². The molecule has 0 saturated heterocycles. The van der Waals surface area contributed by atoms with Crippen LogP contribution in [-0.4, -0.2) is 43.9 Å². The summed E-state index contributed by atoms with van der Waals surface area (Å²) in [6, 6.07) is 0. The maximum Gasteiger partial charge on any atom is 0.173 e. The zero-order valence-corrected chi connectivity index (χ0v) is 12.6. The Morgan fingerprint density at radius 1 is 1.18 bits per heavy atom. The van der Waals surface area contributed by atoms with E-state index in [2.05, 4.69) is 25.1 Å². The normalized spacial score (nSPS) is 18.8. The van der Waals surface area contributed by atoms with Crippen molar-refractivity contribution in [2.75, 3.05) is 13.1 Å². The molecule has 0 unspecified atom stereocenters. The number of aromatic amines is 1. The standard InChI is InChI=1S/C16H20N6/c1-2-5-17-15(3-1)16-18-9-13-11-22(6-4-14(13)21-16)10-12-7-19-20-8-12/h7-9H,1-6,10-11H2,(H,19,20). The van der Waals surface area contributed by atoms with E-state index in [4.69, 9.17) is 4.98 Å². The minimum Gasteiger partial charge on any atom is -0.294 e. The zero-order chi connectivity index (χ0) is 14.8. The summed E-state index contributed by atoms with van der Waals surface area (Å²) in [5, 5.41) is 6.87. The number of fused-ring (bicyclic) bond motifs is 1. The van der Waals surface area contributed by atoms with Gasteiger partial charge < -0.3 is 0 Å². The van der Waals surface area contributed by atoms with E-state index in [1.54, 1.807) is 0 Å². The molecule has 2 aromatic rings. The Kier molecular flexibility index (Phi) is 3.68. The van der Waals surface area contributed by atoms with Gasteiger partial charge in [-0.15, -0.1) is 0 Å². The summed E-state index contributed by atoms with van der Waals surface area (Å²) in [6.07, 6.45) is 10.2. The summed E-state index contributed by atoms with van der Waals surface area (Å²) in [4.78, 5) is 16.3. The molecule has 2 aliphatic rings. The molecule has 0 aliphatic carbocycles. The monoisotopic (exact) mass is 296 g/mol. The van der Waals surface area contributed by atoms with Gasteiger partial charge in [0.1, 0.15) is 0 Å². The van der Waals surface area contributed by atoms with Gasteiger partial charge in [0, 0.05) is 56.1 Å². The lowest BCUT2D eigenvalue weighted by molar-refractivity contribution is 0.243. The van der Waals surface area contributed by atoms with Gasteiger partial charge in [-0.05, 0) is 19.3 Å². The molecule has 114 valence electrons. The van der Waals surface area contributed by atoms with Gasteiger partial charge >= 0.3 is 0 Å². The fourth-order valence-corrected chi connectivity index (χ4v) is 3.15. The van der Waals surface area contributed by atoms with E-state index in [-0.39, 0.29) is 0 Å². The van der Waals surface area contributed by atoms with Crippen LogP contribution in [0, 0.1) is 0 Å². The number of aromatic nitrogens is 4. The number of hydrogen-bond donors (Lipinski definition) is 1. The van der Waals surface area contributed by atoms with Gasteiger partial charge in [0.05, 0.1) is 17.6 Å². The molecule has 0 amide bonds. The first-order valence-corrected chi connectivity index (χ1v) is 7.97. The molecule has 4 heterocycles. The minimum atomic E-state index is 0.849. The van der Waals surface area contributed by atoms with Crippen molar-refractivity contribution in [3.05, 3.63) is 41.2 Å². The maximum absolute atomic E-state index is 4.78. The molecule has 0 atom stereocenters. The molecule has 0 radical (unpaired) electrons. The summed E-state index contributed by atoms with van der Waals surface area (Å²) in [7, 11) is 0. The third-order valence-electron chi connectivity index (χ3n) is 4.36. The van der Waals surface area contributed by atoms with Gasteiger partial charge in [-0.1, -0.05) is 0 Å². The molecule has 0 bridgehead atoms. The second kappa shape index (κ2) is 5.96. The van der Waals surface area contributed by atoms with E-state index < -0.39 is 0 Å². The second-order valence-corrected chi connectivity index (χ2v) is 6.02. The van der Waals surface area contributed by atoms with Crippen LogP contribution >= 0.6 is 0 Å². The van der Waals surface area contributed by atoms with Gasteiger partial charge in [-0.25, -0.2) is 9.97 Å². The van der Waals surface area contributed by atoms with E-state index >= 15 is 0 Å². The predicted octanol–water partition coefficient (Wildman–Crippen LogP) is 1.73. The van der Waals surface area contributed by atoms with Crippen molar-refractivity contribution in [1.82, 2.24) is 25.1 Å². The average Bonchev–Trinajstić information content (AvgIpc) is 3.08. The highest BCUT2D eigenvalue weighted by atomic mass is 15.1. The Morgan fingerprint density at radius 2 is 2.18 bits per heavy atom. The van der Waals surface area contributed by atoms with Crippen LogP contribution in [0.4, 0.5) is 0 Å². The Bertz CT molecular complexity index is 676. The Morgan fingerprint density at radius 3 is 3.00 bits per heavy atom. The SMILES string of the molecule is c1n[nH]cc1CN1CCc2nc(C3=NCCCC3)ncc2C1. The van der Waals surface area contributed by atoms with Crippen LogP contribution in [-0.2, 0) is 19.5 Å². The molecule has 0 aromatic carbocycles. The van der Waals surface area contributed by atoms with Crippen molar-refractivity contribution in [2.24, 2.45) is 4.99 Å². The molecule has 0 spiro atoms. The van der Waals surface area contributed by atoms with Crippen LogP contribution in [0.2, 0.25) is 0 Å². The molecular formula is C16H20N6. The maximum atomic E-state index is 4.78. The summed E-state index contributed by atoms with van der Waals surface area (Å²) in [5.41, 5.74) is 4.75. The molecule has 2 aliphatic heterocycles. The number of hydrogen-bond acceptors (Lipinski definition) is 5. The first kappa shape index (κ1) is 13.6. The predicted molar refractivity (Wildman–Crippen MR) is 83.7 cm³/mol. The molecule has 22 heavy (non-hydrogen) atoms. The van der Waals surface area contributed by atoms with Crippen molar-refractivity contribution < 1.29 is 0 Å². The second-order valence-electron chi connectivity index (χ2n) is 6.02. The summed E-state index contributed by atoms with van der Waals surface area (Å²) >= 11 is 0. The molecule has 6 nitrogen and oxygen atoms in total.